The highest BCUT2D eigenvalue weighted by molar-refractivity contribution is 6.20. The van der Waals surface area contributed by atoms with Crippen LogP contribution in [0, 0.1) is 29.1 Å². The van der Waals surface area contributed by atoms with Crippen LogP contribution in [-0.2, 0) is 6.42 Å². The van der Waals surface area contributed by atoms with Gasteiger partial charge in [0.1, 0.15) is 17.5 Å². The van der Waals surface area contributed by atoms with Crippen LogP contribution in [0.15, 0.2) is 30.3 Å². The van der Waals surface area contributed by atoms with E-state index in [1.807, 2.05) is 0 Å². The molecule has 0 N–H and O–H groups in total. The van der Waals surface area contributed by atoms with Crippen molar-refractivity contribution in [2.45, 2.75) is 11.8 Å². The lowest BCUT2D eigenvalue weighted by molar-refractivity contribution is 0.488. The van der Waals surface area contributed by atoms with Crippen molar-refractivity contribution in [1.29, 1.82) is 0 Å². The third-order valence-electron chi connectivity index (χ3n) is 2.79. The predicted molar refractivity (Wildman–Crippen MR) is 65.0 cm³/mol. The van der Waals surface area contributed by atoms with E-state index in [1.54, 1.807) is 0 Å². The molecular weight excluding hydrogens is 299 g/mol. The summed E-state index contributed by atoms with van der Waals surface area (Å²) in [5, 5.41) is -1.11. The molecule has 0 aliphatic rings. The lowest BCUT2D eigenvalue weighted by atomic mass is 10.0. The van der Waals surface area contributed by atoms with Crippen molar-refractivity contribution in [3.8, 4) is 0 Å². The van der Waals surface area contributed by atoms with Crippen LogP contribution in [0.1, 0.15) is 16.5 Å². The third-order valence-corrected chi connectivity index (χ3v) is 3.18. The Morgan fingerprint density at radius 2 is 1.45 bits per heavy atom. The van der Waals surface area contributed by atoms with Gasteiger partial charge < -0.3 is 0 Å². The van der Waals surface area contributed by atoms with Crippen LogP contribution in [0.3, 0.4) is 0 Å². The minimum Gasteiger partial charge on any atom is -0.207 e. The van der Waals surface area contributed by atoms with Gasteiger partial charge in [-0.1, -0.05) is 6.07 Å². The van der Waals surface area contributed by atoms with E-state index in [0.29, 0.717) is 18.2 Å². The van der Waals surface area contributed by atoms with Gasteiger partial charge in [0.15, 0.2) is 11.6 Å². The molecule has 0 saturated heterocycles. The fourth-order valence-corrected chi connectivity index (χ4v) is 2.10. The van der Waals surface area contributed by atoms with Crippen molar-refractivity contribution < 1.29 is 22.0 Å². The molecule has 0 nitrogen and oxygen atoms in total. The highest BCUT2D eigenvalue weighted by Crippen LogP contribution is 2.29. The van der Waals surface area contributed by atoms with E-state index in [-0.39, 0.29) is 17.5 Å². The molecule has 2 rings (SSSR count). The SMILES string of the molecule is Fc1ccc(CC(Cl)c2cc(F)c(F)cc2F)c(F)c1. The second-order valence-corrected chi connectivity index (χ2v) is 4.72. The molecule has 0 aliphatic heterocycles. The average molecular weight is 307 g/mol. The van der Waals surface area contributed by atoms with Crippen molar-refractivity contribution in [2.75, 3.05) is 0 Å². The Labute approximate surface area is 116 Å². The molecular formula is C14H8ClF5. The summed E-state index contributed by atoms with van der Waals surface area (Å²) in [6.45, 7) is 0. The van der Waals surface area contributed by atoms with Gasteiger partial charge in [0.2, 0.25) is 0 Å². The molecule has 20 heavy (non-hydrogen) atoms. The summed E-state index contributed by atoms with van der Waals surface area (Å²) >= 11 is 5.89. The second kappa shape index (κ2) is 5.79. The van der Waals surface area contributed by atoms with Crippen molar-refractivity contribution in [1.82, 2.24) is 0 Å². The van der Waals surface area contributed by atoms with E-state index >= 15 is 0 Å². The van der Waals surface area contributed by atoms with Gasteiger partial charge in [-0.25, -0.2) is 22.0 Å². The molecule has 2 aromatic rings. The molecule has 1 atom stereocenters. The maximum atomic E-state index is 13.5. The number of benzene rings is 2. The fourth-order valence-electron chi connectivity index (χ4n) is 1.77. The summed E-state index contributed by atoms with van der Waals surface area (Å²) in [5.41, 5.74) is -0.232. The van der Waals surface area contributed by atoms with Crippen LogP contribution in [0.2, 0.25) is 0 Å². The fraction of sp³-hybridized carbons (Fsp3) is 0.143. The molecule has 0 radical (unpaired) electrons. The number of halogens is 6. The molecule has 1 unspecified atom stereocenters. The predicted octanol–water partition coefficient (Wildman–Crippen LogP) is 4.90. The summed E-state index contributed by atoms with van der Waals surface area (Å²) in [6.07, 6.45) is -0.185. The third kappa shape index (κ3) is 3.10. The molecule has 0 aliphatic carbocycles. The minimum atomic E-state index is -1.33. The Bertz CT molecular complexity index is 642. The first-order valence-corrected chi connectivity index (χ1v) is 6.04. The van der Waals surface area contributed by atoms with Gasteiger partial charge in [-0.2, -0.15) is 0 Å². The zero-order chi connectivity index (χ0) is 14.9. The summed E-state index contributed by atoms with van der Waals surface area (Å²) in [6, 6.07) is 3.87. The van der Waals surface area contributed by atoms with Crippen molar-refractivity contribution >= 4 is 11.6 Å². The van der Waals surface area contributed by atoms with E-state index < -0.39 is 34.5 Å². The molecule has 106 valence electrons. The Morgan fingerprint density at radius 3 is 2.10 bits per heavy atom. The topological polar surface area (TPSA) is 0 Å². The van der Waals surface area contributed by atoms with Crippen LogP contribution in [-0.4, -0.2) is 0 Å². The highest BCUT2D eigenvalue weighted by Gasteiger charge is 2.19. The molecule has 6 heteroatoms. The van der Waals surface area contributed by atoms with Gasteiger partial charge in [0.25, 0.3) is 0 Å². The molecule has 0 spiro atoms. The zero-order valence-electron chi connectivity index (χ0n) is 9.94. The molecule has 0 amide bonds. The van der Waals surface area contributed by atoms with Crippen molar-refractivity contribution in [3.63, 3.8) is 0 Å². The minimum absolute atomic E-state index is 0.0514. The second-order valence-electron chi connectivity index (χ2n) is 4.20. The summed E-state index contributed by atoms with van der Waals surface area (Å²) < 4.78 is 65.6. The Hall–Kier alpha value is -1.62. The van der Waals surface area contributed by atoms with Gasteiger partial charge >= 0.3 is 0 Å². The van der Waals surface area contributed by atoms with Gasteiger partial charge in [0, 0.05) is 17.7 Å². The standard InChI is InChI=1S/C14H8ClF5/c15-10(3-7-1-2-8(16)4-11(7)17)9-5-13(19)14(20)6-12(9)18/h1-2,4-6,10H,3H2. The Kier molecular flexibility index (Phi) is 4.28. The van der Waals surface area contributed by atoms with E-state index in [4.69, 9.17) is 11.6 Å². The smallest absolute Gasteiger partial charge is 0.161 e. The quantitative estimate of drug-likeness (QED) is 0.429. The van der Waals surface area contributed by atoms with E-state index in [2.05, 4.69) is 0 Å². The van der Waals surface area contributed by atoms with Gasteiger partial charge in [-0.15, -0.1) is 11.6 Å². The molecule has 0 saturated carbocycles. The molecule has 0 heterocycles. The lowest BCUT2D eigenvalue weighted by Crippen LogP contribution is -2.03. The van der Waals surface area contributed by atoms with Crippen molar-refractivity contribution in [2.24, 2.45) is 0 Å². The molecule has 2 aromatic carbocycles. The van der Waals surface area contributed by atoms with Crippen LogP contribution < -0.4 is 0 Å². The first kappa shape index (κ1) is 14.8. The van der Waals surface area contributed by atoms with Gasteiger partial charge in [-0.05, 0) is 24.1 Å². The largest absolute Gasteiger partial charge is 0.207 e. The van der Waals surface area contributed by atoms with E-state index in [0.717, 1.165) is 12.1 Å². The van der Waals surface area contributed by atoms with Crippen LogP contribution in [0.25, 0.3) is 0 Å². The first-order valence-electron chi connectivity index (χ1n) is 5.61. The molecule has 0 aromatic heterocycles. The zero-order valence-corrected chi connectivity index (χ0v) is 10.7. The van der Waals surface area contributed by atoms with E-state index in [9.17, 15) is 22.0 Å². The van der Waals surface area contributed by atoms with Gasteiger partial charge in [-0.3, -0.25) is 0 Å². The summed E-state index contributed by atoms with van der Waals surface area (Å²) in [7, 11) is 0. The number of hydrogen-bond donors (Lipinski definition) is 0. The number of rotatable bonds is 3. The monoisotopic (exact) mass is 306 g/mol. The highest BCUT2D eigenvalue weighted by atomic mass is 35.5. The molecule has 0 fully saturated rings. The summed E-state index contributed by atoms with van der Waals surface area (Å²) in [5.74, 6) is -5.18. The van der Waals surface area contributed by atoms with Crippen molar-refractivity contribution in [3.05, 3.63) is 70.5 Å². The average Bonchev–Trinajstić information content (AvgIpc) is 2.37. The number of hydrogen-bond acceptors (Lipinski definition) is 0. The van der Waals surface area contributed by atoms with Crippen LogP contribution in [0.4, 0.5) is 22.0 Å². The normalized spacial score (nSPS) is 12.5. The Balaban J connectivity index is 2.28. The lowest BCUT2D eigenvalue weighted by Gasteiger charge is -2.12. The maximum Gasteiger partial charge on any atom is 0.161 e. The number of alkyl halides is 1. The first-order chi connectivity index (χ1) is 9.38. The van der Waals surface area contributed by atoms with Crippen LogP contribution >= 0.6 is 11.6 Å². The maximum absolute atomic E-state index is 13.5. The Morgan fingerprint density at radius 1 is 0.800 bits per heavy atom. The van der Waals surface area contributed by atoms with E-state index in [1.165, 1.54) is 0 Å². The van der Waals surface area contributed by atoms with Gasteiger partial charge in [0.05, 0.1) is 5.38 Å². The summed E-state index contributed by atoms with van der Waals surface area (Å²) in [4.78, 5) is 0. The van der Waals surface area contributed by atoms with Crippen LogP contribution in [0.5, 0.6) is 0 Å². The molecule has 0 bridgehead atoms.